The topological polar surface area (TPSA) is 45.1 Å². The molecule has 0 unspecified atom stereocenters. The average Bonchev–Trinajstić information content (AvgIpc) is 2.78. The number of aromatic nitrogens is 1. The van der Waals surface area contributed by atoms with Gasteiger partial charge in [-0.1, -0.05) is 43.8 Å². The Morgan fingerprint density at radius 2 is 2.00 bits per heavy atom. The molecular formula is C15H14NNaO2. The Hall–Kier alpha value is -1.29. The zero-order valence-electron chi connectivity index (χ0n) is 11.2. The van der Waals surface area contributed by atoms with E-state index in [2.05, 4.69) is 6.58 Å². The maximum atomic E-state index is 11.1. The first-order valence-corrected chi connectivity index (χ1v) is 5.82. The normalized spacial score (nSPS) is 9.74. The van der Waals surface area contributed by atoms with Crippen LogP contribution in [-0.2, 0) is 6.42 Å². The smallest absolute Gasteiger partial charge is 0.543 e. The van der Waals surface area contributed by atoms with Crippen LogP contribution in [-0.4, -0.2) is 10.5 Å². The van der Waals surface area contributed by atoms with Crippen molar-refractivity contribution >= 4 is 12.2 Å². The molecule has 0 atom stereocenters. The third kappa shape index (κ3) is 3.00. The number of carboxylic acids is 1. The maximum Gasteiger partial charge on any atom is 1.00 e. The molecular weight excluding hydrogens is 249 g/mol. The molecule has 0 aliphatic heterocycles. The second kappa shape index (κ2) is 6.75. The molecule has 1 aromatic heterocycles. The zero-order valence-corrected chi connectivity index (χ0v) is 13.2. The van der Waals surface area contributed by atoms with Gasteiger partial charge in [0.1, 0.15) is 0 Å². The van der Waals surface area contributed by atoms with Gasteiger partial charge in [-0.3, -0.25) is 0 Å². The Morgan fingerprint density at radius 1 is 1.37 bits per heavy atom. The summed E-state index contributed by atoms with van der Waals surface area (Å²) in [5.74, 6) is -1.19. The Kier molecular flexibility index (Phi) is 5.60. The van der Waals surface area contributed by atoms with Crippen LogP contribution in [0.15, 0.2) is 43.0 Å². The number of nitrogens with zero attached hydrogens (tertiary/aromatic N) is 1. The van der Waals surface area contributed by atoms with E-state index in [0.29, 0.717) is 0 Å². The monoisotopic (exact) mass is 263 g/mol. The van der Waals surface area contributed by atoms with E-state index in [-0.39, 0.29) is 35.3 Å². The minimum atomic E-state index is -1.19. The van der Waals surface area contributed by atoms with Crippen LogP contribution in [0.25, 0.3) is 17.5 Å². The van der Waals surface area contributed by atoms with Gasteiger partial charge in [-0.15, -0.1) is 0 Å². The van der Waals surface area contributed by atoms with Gasteiger partial charge in [0.15, 0.2) is 0 Å². The average molecular weight is 263 g/mol. The van der Waals surface area contributed by atoms with E-state index in [1.165, 1.54) is 6.20 Å². The molecule has 0 saturated heterocycles. The summed E-state index contributed by atoms with van der Waals surface area (Å²) in [4.78, 5) is 11.1. The second-order valence-electron chi connectivity index (χ2n) is 3.96. The van der Waals surface area contributed by atoms with Crippen LogP contribution in [0.2, 0.25) is 0 Å². The van der Waals surface area contributed by atoms with Gasteiger partial charge in [-0.05, 0) is 23.6 Å². The number of benzene rings is 1. The molecule has 3 nitrogen and oxygen atoms in total. The summed E-state index contributed by atoms with van der Waals surface area (Å²) in [6, 6.07) is 11.3. The minimum absolute atomic E-state index is 0. The van der Waals surface area contributed by atoms with Crippen molar-refractivity contribution in [1.29, 1.82) is 0 Å². The van der Waals surface area contributed by atoms with Gasteiger partial charge in [-0.25, -0.2) is 0 Å². The van der Waals surface area contributed by atoms with Crippen molar-refractivity contribution in [2.24, 2.45) is 0 Å². The molecule has 0 aliphatic carbocycles. The Morgan fingerprint density at radius 3 is 2.47 bits per heavy atom. The summed E-state index contributed by atoms with van der Waals surface area (Å²) in [6.45, 7) is 5.67. The molecule has 1 aromatic carbocycles. The summed E-state index contributed by atoms with van der Waals surface area (Å²) in [6.07, 6.45) is 2.26. The van der Waals surface area contributed by atoms with E-state index in [0.717, 1.165) is 23.2 Å². The molecule has 19 heavy (non-hydrogen) atoms. The van der Waals surface area contributed by atoms with Gasteiger partial charge in [0.2, 0.25) is 0 Å². The van der Waals surface area contributed by atoms with Crippen molar-refractivity contribution in [3.8, 4) is 11.3 Å². The van der Waals surface area contributed by atoms with Gasteiger partial charge in [0, 0.05) is 6.20 Å². The molecule has 0 N–H and O–H groups in total. The van der Waals surface area contributed by atoms with E-state index in [1.807, 2.05) is 37.3 Å². The number of carbonyl (C=O) groups excluding carboxylic acids is 1. The molecule has 1 heterocycles. The predicted octanol–water partition coefficient (Wildman–Crippen LogP) is -0.814. The van der Waals surface area contributed by atoms with E-state index >= 15 is 0 Å². The van der Waals surface area contributed by atoms with Crippen LogP contribution in [0.5, 0.6) is 0 Å². The molecule has 0 spiro atoms. The number of carbonyl (C=O) groups is 1. The molecule has 0 radical (unpaired) electrons. The molecule has 0 aliphatic rings. The molecule has 4 heteroatoms. The van der Waals surface area contributed by atoms with E-state index in [1.54, 1.807) is 10.6 Å². The number of rotatable bonds is 4. The van der Waals surface area contributed by atoms with Crippen LogP contribution in [0.4, 0.5) is 0 Å². The third-order valence-electron chi connectivity index (χ3n) is 2.94. The number of hydrogen-bond acceptors (Lipinski definition) is 2. The van der Waals surface area contributed by atoms with Gasteiger partial charge in [0.05, 0.1) is 17.4 Å². The molecule has 2 aromatic rings. The SMILES string of the molecule is C=Cn1c(C(=O)[O-])cc(CC)c1-c1ccccc1.[Na+]. The summed E-state index contributed by atoms with van der Waals surface area (Å²) < 4.78 is 1.57. The van der Waals surface area contributed by atoms with E-state index in [9.17, 15) is 9.90 Å². The molecule has 0 amide bonds. The van der Waals surface area contributed by atoms with E-state index in [4.69, 9.17) is 0 Å². The maximum absolute atomic E-state index is 11.1. The quantitative estimate of drug-likeness (QED) is 0.677. The van der Waals surface area contributed by atoms with Gasteiger partial charge in [-0.2, -0.15) is 0 Å². The first kappa shape index (κ1) is 15.8. The van der Waals surface area contributed by atoms with Crippen LogP contribution >= 0.6 is 0 Å². The second-order valence-corrected chi connectivity index (χ2v) is 3.96. The van der Waals surface area contributed by atoms with Crippen LogP contribution in [0.1, 0.15) is 23.0 Å². The van der Waals surface area contributed by atoms with Crippen molar-refractivity contribution in [3.63, 3.8) is 0 Å². The Labute approximate surface area is 134 Å². The minimum Gasteiger partial charge on any atom is -0.543 e. The summed E-state index contributed by atoms with van der Waals surface area (Å²) in [5, 5.41) is 11.1. The van der Waals surface area contributed by atoms with Crippen molar-refractivity contribution < 1.29 is 39.5 Å². The first-order valence-electron chi connectivity index (χ1n) is 5.82. The van der Waals surface area contributed by atoms with Crippen LogP contribution in [0, 0.1) is 0 Å². The van der Waals surface area contributed by atoms with Crippen molar-refractivity contribution in [1.82, 2.24) is 4.57 Å². The number of hydrogen-bond donors (Lipinski definition) is 0. The predicted molar refractivity (Wildman–Crippen MR) is 70.0 cm³/mol. The van der Waals surface area contributed by atoms with Crippen LogP contribution < -0.4 is 34.7 Å². The van der Waals surface area contributed by atoms with Crippen LogP contribution in [0.3, 0.4) is 0 Å². The fourth-order valence-electron chi connectivity index (χ4n) is 2.12. The third-order valence-corrected chi connectivity index (χ3v) is 2.94. The van der Waals surface area contributed by atoms with Gasteiger partial charge >= 0.3 is 29.6 Å². The summed E-state index contributed by atoms with van der Waals surface area (Å²) in [5.41, 5.74) is 2.95. The molecule has 0 fully saturated rings. The Bertz CT molecular complexity index is 588. The standard InChI is InChI=1S/C15H15NO2.Na/c1-3-11-10-13(15(17)18)16(4-2)14(11)12-8-6-5-7-9-12;/h4-10H,2-3H2,1H3,(H,17,18);/q;+1/p-1. The molecule has 2 rings (SSSR count). The van der Waals surface area contributed by atoms with Crippen molar-refractivity contribution in [3.05, 3.63) is 54.2 Å². The summed E-state index contributed by atoms with van der Waals surface area (Å²) >= 11 is 0. The molecule has 92 valence electrons. The fraction of sp³-hybridized carbons (Fsp3) is 0.133. The molecule has 0 bridgehead atoms. The number of aryl methyl sites for hydroxylation is 1. The largest absolute Gasteiger partial charge is 1.00 e. The van der Waals surface area contributed by atoms with Crippen molar-refractivity contribution in [2.45, 2.75) is 13.3 Å². The zero-order chi connectivity index (χ0) is 13.1. The molecule has 0 saturated carbocycles. The number of carboxylic acid groups (broad SMARTS) is 1. The Balaban J connectivity index is 0.00000180. The number of aromatic carboxylic acids is 1. The fourth-order valence-corrected chi connectivity index (χ4v) is 2.12. The summed E-state index contributed by atoms with van der Waals surface area (Å²) in [7, 11) is 0. The van der Waals surface area contributed by atoms with Gasteiger partial charge < -0.3 is 14.5 Å². The first-order chi connectivity index (χ1) is 8.69. The van der Waals surface area contributed by atoms with E-state index < -0.39 is 5.97 Å². The van der Waals surface area contributed by atoms with Crippen molar-refractivity contribution in [2.75, 3.05) is 0 Å². The van der Waals surface area contributed by atoms with Gasteiger partial charge in [0.25, 0.3) is 0 Å².